The SMILES string of the molecule is O=C(Cl)OS(=O)(=O)c1ccccc1. The van der Waals surface area contributed by atoms with Crippen molar-refractivity contribution in [3.63, 3.8) is 0 Å². The van der Waals surface area contributed by atoms with E-state index in [1.807, 2.05) is 0 Å². The van der Waals surface area contributed by atoms with E-state index in [0.29, 0.717) is 0 Å². The maximum absolute atomic E-state index is 11.1. The van der Waals surface area contributed by atoms with Crippen molar-refractivity contribution in [3.8, 4) is 0 Å². The molecule has 1 rings (SSSR count). The number of rotatable bonds is 2. The van der Waals surface area contributed by atoms with Crippen molar-refractivity contribution in [2.75, 3.05) is 0 Å². The Balaban J connectivity index is 3.02. The van der Waals surface area contributed by atoms with Gasteiger partial charge in [-0.05, 0) is 12.1 Å². The summed E-state index contributed by atoms with van der Waals surface area (Å²) in [5.41, 5.74) is -1.37. The molecule has 0 unspecified atom stereocenters. The molecular weight excluding hydrogens is 216 g/mol. The Kier molecular flexibility index (Phi) is 2.90. The van der Waals surface area contributed by atoms with E-state index in [9.17, 15) is 13.2 Å². The molecule has 0 aliphatic rings. The zero-order chi connectivity index (χ0) is 9.90. The number of carbonyl (C=O) groups excluding carboxylic acids is 1. The summed E-state index contributed by atoms with van der Waals surface area (Å²) in [5.74, 6) is 0. The van der Waals surface area contributed by atoms with Crippen molar-refractivity contribution in [2.45, 2.75) is 4.90 Å². The van der Waals surface area contributed by atoms with Gasteiger partial charge < -0.3 is 4.18 Å². The van der Waals surface area contributed by atoms with Gasteiger partial charge in [-0.3, -0.25) is 0 Å². The van der Waals surface area contributed by atoms with Crippen molar-refractivity contribution in [1.29, 1.82) is 0 Å². The van der Waals surface area contributed by atoms with Gasteiger partial charge in [0.15, 0.2) is 0 Å². The minimum Gasteiger partial charge on any atom is -0.329 e. The molecule has 6 heteroatoms. The molecule has 13 heavy (non-hydrogen) atoms. The van der Waals surface area contributed by atoms with Crippen LogP contribution in [0.25, 0.3) is 0 Å². The van der Waals surface area contributed by atoms with Gasteiger partial charge in [-0.25, -0.2) is 4.79 Å². The highest BCUT2D eigenvalue weighted by atomic mass is 35.5. The van der Waals surface area contributed by atoms with Gasteiger partial charge in [0.25, 0.3) is 0 Å². The standard InChI is InChI=1S/C7H5ClO4S/c8-7(9)12-13(10,11)6-4-2-1-3-5-6/h1-5H. The summed E-state index contributed by atoms with van der Waals surface area (Å²) in [5, 5.41) is 0. The lowest BCUT2D eigenvalue weighted by atomic mass is 10.4. The Labute approximate surface area is 80.2 Å². The Morgan fingerprint density at radius 3 is 2.23 bits per heavy atom. The second kappa shape index (κ2) is 3.76. The monoisotopic (exact) mass is 220 g/mol. The van der Waals surface area contributed by atoms with Gasteiger partial charge in [-0.15, -0.1) is 0 Å². The van der Waals surface area contributed by atoms with Crippen LogP contribution in [0.1, 0.15) is 0 Å². The summed E-state index contributed by atoms with van der Waals surface area (Å²) in [6.45, 7) is 0. The van der Waals surface area contributed by atoms with Crippen LogP contribution in [0, 0.1) is 0 Å². The summed E-state index contributed by atoms with van der Waals surface area (Å²) >= 11 is 4.77. The first-order valence-corrected chi connectivity index (χ1v) is 5.00. The van der Waals surface area contributed by atoms with Gasteiger partial charge >= 0.3 is 15.5 Å². The largest absolute Gasteiger partial charge is 0.419 e. The Morgan fingerprint density at radius 2 is 1.77 bits per heavy atom. The highest BCUT2D eigenvalue weighted by Gasteiger charge is 2.17. The molecule has 0 aliphatic carbocycles. The quantitative estimate of drug-likeness (QED) is 0.563. The average molecular weight is 221 g/mol. The number of halogens is 1. The maximum Gasteiger partial charge on any atom is 0.419 e. The molecule has 0 saturated heterocycles. The van der Waals surface area contributed by atoms with Crippen molar-refractivity contribution >= 4 is 27.1 Å². The van der Waals surface area contributed by atoms with Gasteiger partial charge in [-0.1, -0.05) is 18.2 Å². The fraction of sp³-hybridized carbons (Fsp3) is 0. The molecule has 1 aromatic carbocycles. The van der Waals surface area contributed by atoms with Crippen LogP contribution in [0.2, 0.25) is 0 Å². The van der Waals surface area contributed by atoms with Crippen LogP contribution in [-0.4, -0.2) is 13.8 Å². The topological polar surface area (TPSA) is 60.4 Å². The first kappa shape index (κ1) is 10.0. The molecule has 4 nitrogen and oxygen atoms in total. The summed E-state index contributed by atoms with van der Waals surface area (Å²) in [6.07, 6.45) is 0. The third kappa shape index (κ3) is 2.71. The second-order valence-electron chi connectivity index (χ2n) is 2.09. The van der Waals surface area contributed by atoms with Crippen molar-refractivity contribution in [2.24, 2.45) is 0 Å². The third-order valence-corrected chi connectivity index (χ3v) is 2.60. The highest BCUT2D eigenvalue weighted by Crippen LogP contribution is 2.12. The van der Waals surface area contributed by atoms with Crippen LogP contribution < -0.4 is 0 Å². The summed E-state index contributed by atoms with van der Waals surface area (Å²) < 4.78 is 26.2. The summed E-state index contributed by atoms with van der Waals surface area (Å²) in [6, 6.07) is 7.26. The van der Waals surface area contributed by atoms with E-state index in [1.165, 1.54) is 24.3 Å². The predicted molar refractivity (Wildman–Crippen MR) is 46.0 cm³/mol. The Bertz CT molecular complexity index is 398. The minimum absolute atomic E-state index is 0.107. The smallest absolute Gasteiger partial charge is 0.329 e. The molecule has 1 aromatic rings. The molecule has 0 saturated carbocycles. The lowest BCUT2D eigenvalue weighted by molar-refractivity contribution is 0.227. The van der Waals surface area contributed by atoms with Gasteiger partial charge in [0.2, 0.25) is 0 Å². The van der Waals surface area contributed by atoms with E-state index in [-0.39, 0.29) is 4.90 Å². The molecule has 0 aromatic heterocycles. The van der Waals surface area contributed by atoms with Crippen LogP contribution in [0.3, 0.4) is 0 Å². The molecule has 0 N–H and O–H groups in total. The molecule has 0 radical (unpaired) electrons. The van der Waals surface area contributed by atoms with Gasteiger partial charge in [0.1, 0.15) is 4.90 Å². The molecule has 0 aliphatic heterocycles. The zero-order valence-electron chi connectivity index (χ0n) is 6.31. The van der Waals surface area contributed by atoms with E-state index >= 15 is 0 Å². The Hall–Kier alpha value is -1.07. The number of carbonyl (C=O) groups is 1. The molecule has 0 atom stereocenters. The van der Waals surface area contributed by atoms with Crippen molar-refractivity contribution in [1.82, 2.24) is 0 Å². The molecule has 0 heterocycles. The fourth-order valence-electron chi connectivity index (χ4n) is 0.722. The molecule has 0 spiro atoms. The van der Waals surface area contributed by atoms with E-state index in [1.54, 1.807) is 6.07 Å². The first-order valence-electron chi connectivity index (χ1n) is 3.21. The van der Waals surface area contributed by atoms with Crippen molar-refractivity contribution < 1.29 is 17.4 Å². The fourth-order valence-corrected chi connectivity index (χ4v) is 1.73. The number of hydrogen-bond acceptors (Lipinski definition) is 4. The van der Waals surface area contributed by atoms with Crippen molar-refractivity contribution in [3.05, 3.63) is 30.3 Å². The molecule has 0 fully saturated rings. The second-order valence-corrected chi connectivity index (χ2v) is 3.94. The predicted octanol–water partition coefficient (Wildman–Crippen LogP) is 1.75. The van der Waals surface area contributed by atoms with Crippen LogP contribution >= 0.6 is 11.6 Å². The van der Waals surface area contributed by atoms with Crippen LogP contribution in [-0.2, 0) is 14.3 Å². The molecular formula is C7H5ClO4S. The third-order valence-electron chi connectivity index (χ3n) is 1.21. The average Bonchev–Trinajstić information content (AvgIpc) is 2.04. The first-order chi connectivity index (χ1) is 6.02. The maximum atomic E-state index is 11.1. The Morgan fingerprint density at radius 1 is 1.23 bits per heavy atom. The summed E-state index contributed by atoms with van der Waals surface area (Å²) in [7, 11) is -4.04. The van der Waals surface area contributed by atoms with Crippen LogP contribution in [0.4, 0.5) is 4.79 Å². The molecule has 0 bridgehead atoms. The highest BCUT2D eigenvalue weighted by molar-refractivity contribution is 7.87. The van der Waals surface area contributed by atoms with E-state index in [4.69, 9.17) is 11.6 Å². The van der Waals surface area contributed by atoms with Crippen LogP contribution in [0.5, 0.6) is 0 Å². The van der Waals surface area contributed by atoms with E-state index < -0.39 is 15.5 Å². The van der Waals surface area contributed by atoms with Gasteiger partial charge in [0.05, 0.1) is 0 Å². The molecule has 70 valence electrons. The number of hydrogen-bond donors (Lipinski definition) is 0. The van der Waals surface area contributed by atoms with E-state index in [0.717, 1.165) is 0 Å². The lowest BCUT2D eigenvalue weighted by Gasteiger charge is -2.00. The zero-order valence-corrected chi connectivity index (χ0v) is 7.88. The lowest BCUT2D eigenvalue weighted by Crippen LogP contribution is -2.07. The summed E-state index contributed by atoms with van der Waals surface area (Å²) in [4.78, 5) is 10.1. The number of benzene rings is 1. The molecule has 0 amide bonds. The normalized spacial score (nSPS) is 10.8. The van der Waals surface area contributed by atoms with Gasteiger partial charge in [-0.2, -0.15) is 8.42 Å². The van der Waals surface area contributed by atoms with Gasteiger partial charge in [0, 0.05) is 11.6 Å². The van der Waals surface area contributed by atoms with E-state index in [2.05, 4.69) is 4.18 Å². The minimum atomic E-state index is -4.04. The van der Waals surface area contributed by atoms with Crippen LogP contribution in [0.15, 0.2) is 35.2 Å².